The first-order valence-electron chi connectivity index (χ1n) is 9.80. The second kappa shape index (κ2) is 9.17. The van der Waals surface area contributed by atoms with E-state index in [0.29, 0.717) is 23.1 Å². The van der Waals surface area contributed by atoms with Crippen LogP contribution < -0.4 is 10.1 Å². The van der Waals surface area contributed by atoms with Crippen molar-refractivity contribution in [3.05, 3.63) is 71.4 Å². The Labute approximate surface area is 173 Å². The number of nitrogens with zero attached hydrogens (tertiary/aromatic N) is 1. The van der Waals surface area contributed by atoms with E-state index in [-0.39, 0.29) is 17.7 Å². The van der Waals surface area contributed by atoms with Gasteiger partial charge in [-0.3, -0.25) is 9.78 Å². The molecule has 0 saturated carbocycles. The summed E-state index contributed by atoms with van der Waals surface area (Å²) in [5.74, 6) is -1.46. The number of hydrogen-bond donors (Lipinski definition) is 2. The number of para-hydroxylation sites is 1. The summed E-state index contributed by atoms with van der Waals surface area (Å²) in [6.07, 6.45) is 3.51. The third kappa shape index (κ3) is 5.10. The van der Waals surface area contributed by atoms with Gasteiger partial charge in [0, 0.05) is 11.6 Å². The van der Waals surface area contributed by atoms with Gasteiger partial charge in [-0.1, -0.05) is 31.5 Å². The Bertz CT molecular complexity index is 1030. The zero-order valence-electron chi connectivity index (χ0n) is 16.9. The van der Waals surface area contributed by atoms with Crippen molar-refractivity contribution >= 4 is 16.8 Å². The summed E-state index contributed by atoms with van der Waals surface area (Å²) in [6.45, 7) is 3.27. The number of ether oxygens (including phenoxy) is 1. The van der Waals surface area contributed by atoms with Crippen LogP contribution in [0.2, 0.25) is 0 Å². The van der Waals surface area contributed by atoms with Crippen LogP contribution in [0.1, 0.15) is 49.0 Å². The fourth-order valence-corrected chi connectivity index (χ4v) is 3.09. The molecule has 30 heavy (non-hydrogen) atoms. The van der Waals surface area contributed by atoms with Gasteiger partial charge >= 0.3 is 0 Å². The van der Waals surface area contributed by atoms with Gasteiger partial charge in [0.1, 0.15) is 35.2 Å². The summed E-state index contributed by atoms with van der Waals surface area (Å²) in [7, 11) is 0. The molecule has 0 aliphatic carbocycles. The third-order valence-electron chi connectivity index (χ3n) is 4.77. The van der Waals surface area contributed by atoms with Crippen molar-refractivity contribution in [1.82, 2.24) is 10.3 Å². The lowest BCUT2D eigenvalue weighted by molar-refractivity contribution is 0.0146. The van der Waals surface area contributed by atoms with Crippen LogP contribution in [-0.2, 0) is 6.61 Å². The standard InChI is InChI=1S/C23H24F2N2O3/c1-3-4-11-23(2,29)27-22(28)16-12-15-7-5-10-20(21(15)26-13-16)30-14-17-18(24)8-6-9-19(17)25/h5-10,12-13,29H,3-4,11,14H2,1-2H3,(H,27,28)/t23-/m1/s1. The van der Waals surface area contributed by atoms with Gasteiger partial charge in [-0.25, -0.2) is 8.78 Å². The number of hydrogen-bond acceptors (Lipinski definition) is 4. The molecule has 2 aromatic carbocycles. The maximum absolute atomic E-state index is 13.8. The Hall–Kier alpha value is -3.06. The number of aliphatic hydroxyl groups is 1. The summed E-state index contributed by atoms with van der Waals surface area (Å²) in [5.41, 5.74) is -0.725. The summed E-state index contributed by atoms with van der Waals surface area (Å²) in [4.78, 5) is 16.8. The molecule has 3 rings (SSSR count). The minimum atomic E-state index is -1.31. The molecule has 7 heteroatoms. The van der Waals surface area contributed by atoms with Gasteiger partial charge in [0.05, 0.1) is 11.1 Å². The molecule has 0 bridgehead atoms. The van der Waals surface area contributed by atoms with Gasteiger partial charge in [-0.15, -0.1) is 0 Å². The van der Waals surface area contributed by atoms with Crippen LogP contribution in [0.25, 0.3) is 10.9 Å². The van der Waals surface area contributed by atoms with Crippen molar-refractivity contribution in [1.29, 1.82) is 0 Å². The molecule has 0 saturated heterocycles. The predicted octanol–water partition coefficient (Wildman–Crippen LogP) is 4.72. The molecule has 1 heterocycles. The largest absolute Gasteiger partial charge is 0.486 e. The summed E-state index contributed by atoms with van der Waals surface area (Å²) >= 11 is 0. The summed E-state index contributed by atoms with van der Waals surface area (Å²) in [6, 6.07) is 10.4. The summed E-state index contributed by atoms with van der Waals surface area (Å²) < 4.78 is 33.3. The van der Waals surface area contributed by atoms with Crippen LogP contribution in [0.4, 0.5) is 8.78 Å². The number of fused-ring (bicyclic) bond motifs is 1. The van der Waals surface area contributed by atoms with Crippen molar-refractivity contribution in [2.45, 2.75) is 45.4 Å². The van der Waals surface area contributed by atoms with Crippen LogP contribution in [0, 0.1) is 11.6 Å². The monoisotopic (exact) mass is 414 g/mol. The van der Waals surface area contributed by atoms with Crippen molar-refractivity contribution in [3.8, 4) is 5.75 Å². The zero-order valence-corrected chi connectivity index (χ0v) is 16.9. The van der Waals surface area contributed by atoms with Crippen molar-refractivity contribution < 1.29 is 23.4 Å². The number of rotatable bonds is 8. The minimum Gasteiger partial charge on any atom is -0.486 e. The van der Waals surface area contributed by atoms with Gasteiger partial charge in [0.15, 0.2) is 0 Å². The number of unbranched alkanes of at least 4 members (excludes halogenated alkanes) is 1. The van der Waals surface area contributed by atoms with E-state index in [1.54, 1.807) is 31.2 Å². The molecular weight excluding hydrogens is 390 g/mol. The molecule has 3 aromatic rings. The lowest BCUT2D eigenvalue weighted by atomic mass is 10.1. The Morgan fingerprint density at radius 1 is 1.20 bits per heavy atom. The number of benzene rings is 2. The molecule has 0 radical (unpaired) electrons. The molecule has 0 fully saturated rings. The van der Waals surface area contributed by atoms with Crippen molar-refractivity contribution in [3.63, 3.8) is 0 Å². The maximum Gasteiger partial charge on any atom is 0.255 e. The van der Waals surface area contributed by atoms with Gasteiger partial charge in [-0.05, 0) is 44.0 Å². The highest BCUT2D eigenvalue weighted by Gasteiger charge is 2.23. The van der Waals surface area contributed by atoms with E-state index in [1.165, 1.54) is 24.4 Å². The number of carbonyl (C=O) groups excluding carboxylic acids is 1. The van der Waals surface area contributed by atoms with Crippen molar-refractivity contribution in [2.75, 3.05) is 0 Å². The maximum atomic E-state index is 13.8. The first kappa shape index (κ1) is 21.6. The van der Waals surface area contributed by atoms with E-state index in [1.807, 2.05) is 6.92 Å². The Kier molecular flexibility index (Phi) is 6.62. The zero-order chi connectivity index (χ0) is 21.7. The van der Waals surface area contributed by atoms with E-state index in [2.05, 4.69) is 10.3 Å². The number of amides is 1. The molecule has 1 amide bonds. The average molecular weight is 414 g/mol. The number of aromatic nitrogens is 1. The molecule has 0 spiro atoms. The predicted molar refractivity (Wildman–Crippen MR) is 110 cm³/mol. The third-order valence-corrected chi connectivity index (χ3v) is 4.77. The fraction of sp³-hybridized carbons (Fsp3) is 0.304. The van der Waals surface area contributed by atoms with E-state index >= 15 is 0 Å². The lowest BCUT2D eigenvalue weighted by Crippen LogP contribution is -2.45. The first-order valence-corrected chi connectivity index (χ1v) is 9.80. The number of nitrogens with one attached hydrogen (secondary N) is 1. The van der Waals surface area contributed by atoms with E-state index in [0.717, 1.165) is 12.8 Å². The number of carbonyl (C=O) groups is 1. The normalized spacial score (nSPS) is 13.1. The van der Waals surface area contributed by atoms with Crippen LogP contribution in [-0.4, -0.2) is 21.7 Å². The topological polar surface area (TPSA) is 71.5 Å². The van der Waals surface area contributed by atoms with Crippen molar-refractivity contribution in [2.24, 2.45) is 0 Å². The van der Waals surface area contributed by atoms with Crippen LogP contribution >= 0.6 is 0 Å². The molecule has 0 aliphatic heterocycles. The van der Waals surface area contributed by atoms with Crippen LogP contribution in [0.5, 0.6) is 5.75 Å². The van der Waals surface area contributed by atoms with E-state index < -0.39 is 23.3 Å². The molecule has 158 valence electrons. The lowest BCUT2D eigenvalue weighted by Gasteiger charge is -2.24. The van der Waals surface area contributed by atoms with Gasteiger partial charge in [0.25, 0.3) is 5.91 Å². The highest BCUT2D eigenvalue weighted by Crippen LogP contribution is 2.26. The quantitative estimate of drug-likeness (QED) is 0.523. The molecule has 0 unspecified atom stereocenters. The summed E-state index contributed by atoms with van der Waals surface area (Å²) in [5, 5.41) is 13.6. The Morgan fingerprint density at radius 3 is 2.60 bits per heavy atom. The smallest absolute Gasteiger partial charge is 0.255 e. The van der Waals surface area contributed by atoms with Crippen LogP contribution in [0.3, 0.4) is 0 Å². The fourth-order valence-electron chi connectivity index (χ4n) is 3.09. The Morgan fingerprint density at radius 2 is 1.90 bits per heavy atom. The number of halogens is 2. The van der Waals surface area contributed by atoms with Gasteiger partial charge in [0.2, 0.25) is 0 Å². The molecular formula is C23H24F2N2O3. The second-order valence-electron chi connectivity index (χ2n) is 7.37. The minimum absolute atomic E-state index is 0.167. The van der Waals surface area contributed by atoms with Crippen LogP contribution in [0.15, 0.2) is 48.7 Å². The molecule has 1 atom stereocenters. The highest BCUT2D eigenvalue weighted by molar-refractivity contribution is 5.98. The average Bonchev–Trinajstić information content (AvgIpc) is 2.71. The van der Waals surface area contributed by atoms with E-state index in [9.17, 15) is 18.7 Å². The number of pyridine rings is 1. The molecule has 0 aliphatic rings. The molecule has 2 N–H and O–H groups in total. The molecule has 1 aromatic heterocycles. The van der Waals surface area contributed by atoms with E-state index in [4.69, 9.17) is 4.74 Å². The van der Waals surface area contributed by atoms with Gasteiger partial charge in [-0.2, -0.15) is 0 Å². The molecule has 5 nitrogen and oxygen atoms in total. The Balaban J connectivity index is 1.79. The second-order valence-corrected chi connectivity index (χ2v) is 7.37. The first-order chi connectivity index (χ1) is 14.3. The highest BCUT2D eigenvalue weighted by atomic mass is 19.1. The van der Waals surface area contributed by atoms with Gasteiger partial charge < -0.3 is 15.2 Å². The SMILES string of the molecule is CCCC[C@@](C)(O)NC(=O)c1cnc2c(OCc3c(F)cccc3F)cccc2c1.